The van der Waals surface area contributed by atoms with E-state index in [9.17, 15) is 0 Å². The van der Waals surface area contributed by atoms with E-state index in [0.29, 0.717) is 0 Å². The van der Waals surface area contributed by atoms with E-state index in [4.69, 9.17) is 0 Å². The highest BCUT2D eigenvalue weighted by atomic mass is 14.9. The van der Waals surface area contributed by atoms with Gasteiger partial charge in [0.25, 0.3) is 0 Å². The minimum Gasteiger partial charge on any atom is -0.201 e. The van der Waals surface area contributed by atoms with E-state index < -0.39 is 0 Å². The number of pyridine rings is 1. The summed E-state index contributed by atoms with van der Waals surface area (Å²) in [5.74, 6) is 0. The van der Waals surface area contributed by atoms with Crippen molar-refractivity contribution < 1.29 is 4.57 Å². The molecule has 1 heterocycles. The smallest absolute Gasteiger partial charge is 0.201 e. The molecule has 1 nitrogen and oxygen atoms in total. The molecule has 0 saturated heterocycles. The first kappa shape index (κ1) is 19.1. The Morgan fingerprint density at radius 2 is 1.24 bits per heavy atom. The highest BCUT2D eigenvalue weighted by Gasteiger charge is 2.16. The monoisotopic (exact) mass is 378 g/mol. The molecule has 0 fully saturated rings. The van der Waals surface area contributed by atoms with Gasteiger partial charge in [0.2, 0.25) is 5.69 Å². The molecule has 144 valence electrons. The lowest BCUT2D eigenvalue weighted by Crippen LogP contribution is -2.30. The summed E-state index contributed by atoms with van der Waals surface area (Å²) in [4.78, 5) is 0. The van der Waals surface area contributed by atoms with Crippen molar-refractivity contribution in [2.24, 2.45) is 7.05 Å². The van der Waals surface area contributed by atoms with Gasteiger partial charge in [-0.2, -0.15) is 0 Å². The van der Waals surface area contributed by atoms with E-state index in [2.05, 4.69) is 118 Å². The van der Waals surface area contributed by atoms with Gasteiger partial charge in [0, 0.05) is 17.7 Å². The second-order valence-electron chi connectivity index (χ2n) is 8.07. The number of benzene rings is 3. The van der Waals surface area contributed by atoms with Gasteiger partial charge in [-0.25, -0.2) is 4.57 Å². The van der Waals surface area contributed by atoms with Crippen molar-refractivity contribution in [1.82, 2.24) is 0 Å². The van der Waals surface area contributed by atoms with Crippen LogP contribution in [0.3, 0.4) is 0 Å². The number of aryl methyl sites for hydroxylation is 5. The molecule has 0 unspecified atom stereocenters. The van der Waals surface area contributed by atoms with Crippen molar-refractivity contribution in [3.05, 3.63) is 101 Å². The minimum absolute atomic E-state index is 1.23. The predicted octanol–water partition coefficient (Wildman–Crippen LogP) is 6.75. The molecule has 1 heteroatoms. The Hall–Kier alpha value is -3.19. The lowest BCUT2D eigenvalue weighted by Gasteiger charge is -2.12. The molecule has 0 amide bonds. The van der Waals surface area contributed by atoms with Crippen LogP contribution in [0.25, 0.3) is 33.5 Å². The number of hydrogen-bond acceptors (Lipinski definition) is 0. The third-order valence-corrected chi connectivity index (χ3v) is 5.81. The van der Waals surface area contributed by atoms with E-state index in [1.54, 1.807) is 0 Å². The van der Waals surface area contributed by atoms with Crippen molar-refractivity contribution in [3.63, 3.8) is 0 Å². The number of nitrogens with zero attached hydrogens (tertiary/aromatic N) is 1. The van der Waals surface area contributed by atoms with Crippen molar-refractivity contribution in [2.45, 2.75) is 27.7 Å². The molecule has 29 heavy (non-hydrogen) atoms. The van der Waals surface area contributed by atoms with Crippen molar-refractivity contribution in [3.8, 4) is 33.5 Å². The third-order valence-electron chi connectivity index (χ3n) is 5.81. The summed E-state index contributed by atoms with van der Waals surface area (Å²) in [6.45, 7) is 8.71. The van der Waals surface area contributed by atoms with Gasteiger partial charge in [0.1, 0.15) is 7.05 Å². The molecule has 4 aromatic rings. The number of rotatable bonds is 3. The molecule has 0 aliphatic heterocycles. The molecule has 0 N–H and O–H groups in total. The largest absolute Gasteiger partial charge is 0.213 e. The summed E-state index contributed by atoms with van der Waals surface area (Å²) in [6.07, 6.45) is 2.17. The maximum atomic E-state index is 2.33. The van der Waals surface area contributed by atoms with Crippen LogP contribution >= 0.6 is 0 Å². The molecule has 4 rings (SSSR count). The van der Waals surface area contributed by atoms with Crippen LogP contribution in [0.15, 0.2) is 79.0 Å². The minimum atomic E-state index is 1.23. The Morgan fingerprint density at radius 3 is 2.00 bits per heavy atom. The Balaban J connectivity index is 1.87. The fourth-order valence-corrected chi connectivity index (χ4v) is 4.10. The summed E-state index contributed by atoms with van der Waals surface area (Å²) >= 11 is 0. The van der Waals surface area contributed by atoms with Crippen LogP contribution in [0.1, 0.15) is 22.3 Å². The summed E-state index contributed by atoms with van der Waals surface area (Å²) < 4.78 is 2.22. The van der Waals surface area contributed by atoms with Crippen molar-refractivity contribution in [2.75, 3.05) is 0 Å². The zero-order valence-corrected chi connectivity index (χ0v) is 18.0. The quantitative estimate of drug-likeness (QED) is 0.347. The molecule has 0 spiro atoms. The molecule has 0 aliphatic rings. The molecule has 3 aromatic carbocycles. The second-order valence-corrected chi connectivity index (χ2v) is 8.07. The maximum Gasteiger partial charge on any atom is 0.213 e. The summed E-state index contributed by atoms with van der Waals surface area (Å²) in [5, 5.41) is 0. The lowest BCUT2D eigenvalue weighted by atomic mass is 9.93. The normalized spacial score (nSPS) is 10.9. The van der Waals surface area contributed by atoms with Crippen LogP contribution in [0, 0.1) is 27.7 Å². The zero-order valence-electron chi connectivity index (χ0n) is 18.0. The summed E-state index contributed by atoms with van der Waals surface area (Å²) in [6, 6.07) is 26.6. The molecular formula is C28H28N+. The fourth-order valence-electron chi connectivity index (χ4n) is 4.10. The van der Waals surface area contributed by atoms with E-state index in [1.807, 2.05) is 0 Å². The topological polar surface area (TPSA) is 3.88 Å². The van der Waals surface area contributed by atoms with Gasteiger partial charge in [-0.05, 0) is 72.7 Å². The van der Waals surface area contributed by atoms with E-state index >= 15 is 0 Å². The highest BCUT2D eigenvalue weighted by molar-refractivity contribution is 5.77. The van der Waals surface area contributed by atoms with E-state index in [-0.39, 0.29) is 0 Å². The van der Waals surface area contributed by atoms with Crippen LogP contribution in [0.2, 0.25) is 0 Å². The Kier molecular flexibility index (Phi) is 5.07. The molecule has 0 atom stereocenters. The van der Waals surface area contributed by atoms with Crippen LogP contribution < -0.4 is 4.57 Å². The van der Waals surface area contributed by atoms with Crippen molar-refractivity contribution in [1.29, 1.82) is 0 Å². The molecule has 0 aliphatic carbocycles. The third kappa shape index (κ3) is 3.73. The standard InChI is InChI=1S/C28H28N/c1-19-10-13-26(22(4)16-19)24-14-15-29(5)28(18-24)27-17-23(12-11-21(27)3)25-9-7-6-8-20(25)2/h6-18H,1-5H3/q+1. The van der Waals surface area contributed by atoms with Crippen molar-refractivity contribution >= 4 is 0 Å². The number of hydrogen-bond donors (Lipinski definition) is 0. The predicted molar refractivity (Wildman–Crippen MR) is 123 cm³/mol. The number of aromatic nitrogens is 1. The Labute approximate surface area is 174 Å². The van der Waals surface area contributed by atoms with Gasteiger partial charge >= 0.3 is 0 Å². The van der Waals surface area contributed by atoms with Gasteiger partial charge < -0.3 is 0 Å². The van der Waals surface area contributed by atoms with Gasteiger partial charge in [0.15, 0.2) is 6.20 Å². The van der Waals surface area contributed by atoms with Crippen LogP contribution in [-0.2, 0) is 7.05 Å². The average molecular weight is 379 g/mol. The Morgan fingerprint density at radius 1 is 0.552 bits per heavy atom. The molecular weight excluding hydrogens is 350 g/mol. The van der Waals surface area contributed by atoms with E-state index in [1.165, 1.54) is 55.8 Å². The first-order valence-corrected chi connectivity index (χ1v) is 10.2. The average Bonchev–Trinajstić information content (AvgIpc) is 2.70. The Bertz CT molecular complexity index is 1200. The van der Waals surface area contributed by atoms with Crippen LogP contribution in [0.5, 0.6) is 0 Å². The first-order valence-electron chi connectivity index (χ1n) is 10.2. The lowest BCUT2D eigenvalue weighted by molar-refractivity contribution is -0.660. The molecule has 1 aromatic heterocycles. The molecule has 0 radical (unpaired) electrons. The molecule has 0 bridgehead atoms. The molecule has 0 saturated carbocycles. The van der Waals surface area contributed by atoms with Crippen LogP contribution in [0.4, 0.5) is 0 Å². The van der Waals surface area contributed by atoms with Gasteiger partial charge in [-0.3, -0.25) is 0 Å². The maximum absolute atomic E-state index is 2.33. The van der Waals surface area contributed by atoms with Gasteiger partial charge in [-0.15, -0.1) is 0 Å². The first-order chi connectivity index (χ1) is 13.9. The highest BCUT2D eigenvalue weighted by Crippen LogP contribution is 2.32. The second kappa shape index (κ2) is 7.67. The summed E-state index contributed by atoms with van der Waals surface area (Å²) in [7, 11) is 2.13. The fraction of sp³-hybridized carbons (Fsp3) is 0.179. The van der Waals surface area contributed by atoms with Crippen LogP contribution in [-0.4, -0.2) is 0 Å². The van der Waals surface area contributed by atoms with E-state index in [0.717, 1.165) is 0 Å². The zero-order chi connectivity index (χ0) is 20.5. The van der Waals surface area contributed by atoms with Gasteiger partial charge in [0.05, 0.1) is 0 Å². The summed E-state index contributed by atoms with van der Waals surface area (Å²) in [5.41, 5.74) is 12.8. The SMILES string of the molecule is Cc1ccc(-c2cc[n+](C)c(-c3cc(-c4ccccc4C)ccc3C)c2)c(C)c1. The van der Waals surface area contributed by atoms with Gasteiger partial charge in [-0.1, -0.05) is 60.2 Å².